The van der Waals surface area contributed by atoms with E-state index in [0.717, 1.165) is 17.3 Å². The monoisotopic (exact) mass is 656 g/mol. The molecule has 3 nitrogen and oxygen atoms in total. The lowest BCUT2D eigenvalue weighted by molar-refractivity contribution is -0.900. The summed E-state index contributed by atoms with van der Waals surface area (Å²) in [6, 6.07) is 3.98. The van der Waals surface area contributed by atoms with Gasteiger partial charge in [0.05, 0.1) is 18.7 Å². The predicted octanol–water partition coefficient (Wildman–Crippen LogP) is 4.14. The molecule has 0 saturated heterocycles. The third kappa shape index (κ3) is 8.17. The van der Waals surface area contributed by atoms with Gasteiger partial charge in [-0.1, -0.05) is 26.7 Å². The number of rotatable bonds is 10. The Morgan fingerprint density at radius 3 is 2.22 bits per heavy atom. The highest BCUT2D eigenvalue weighted by Crippen LogP contribution is 2.23. The number of hydrogen-bond acceptors (Lipinski definition) is 2. The molecule has 0 aliphatic carbocycles. The van der Waals surface area contributed by atoms with E-state index in [9.17, 15) is 4.79 Å². The second kappa shape index (κ2) is 12.2. The van der Waals surface area contributed by atoms with Crippen LogP contribution in [-0.4, -0.2) is 32.2 Å². The van der Waals surface area contributed by atoms with Gasteiger partial charge < -0.3 is 9.64 Å². The first-order chi connectivity index (χ1) is 11.0. The molecule has 0 heterocycles. The first kappa shape index (κ1) is 21.9. The normalized spacial score (nSPS) is 11.0. The summed E-state index contributed by atoms with van der Waals surface area (Å²) in [4.78, 5) is 13.9. The van der Waals surface area contributed by atoms with E-state index >= 15 is 0 Å². The van der Waals surface area contributed by atoms with Crippen molar-refractivity contribution < 1.29 is 14.4 Å². The Kier molecular flexibility index (Phi) is 11.6. The molecule has 0 atom stereocenters. The van der Waals surface area contributed by atoms with E-state index < -0.39 is 0 Å². The highest BCUT2D eigenvalue weighted by molar-refractivity contribution is 14.1. The van der Waals surface area contributed by atoms with Gasteiger partial charge in [-0.15, -0.1) is 0 Å². The molecule has 1 aromatic rings. The van der Waals surface area contributed by atoms with Crippen molar-refractivity contribution in [2.45, 2.75) is 39.5 Å². The molecule has 0 aromatic heterocycles. The third-order valence-corrected chi connectivity index (χ3v) is 7.34. The van der Waals surface area contributed by atoms with Gasteiger partial charge in [-0.25, -0.2) is 4.79 Å². The molecule has 0 fully saturated rings. The van der Waals surface area contributed by atoms with Gasteiger partial charge in [-0.3, -0.25) is 0 Å². The zero-order valence-electron chi connectivity index (χ0n) is 13.8. The van der Waals surface area contributed by atoms with Crippen LogP contribution in [0.25, 0.3) is 0 Å². The smallest absolute Gasteiger partial charge is 0.339 e. The Morgan fingerprint density at radius 1 is 1.04 bits per heavy atom. The second-order valence-electron chi connectivity index (χ2n) is 5.59. The van der Waals surface area contributed by atoms with Crippen molar-refractivity contribution in [1.82, 2.24) is 0 Å². The number of benzene rings is 1. The minimum Gasteiger partial charge on any atom is -0.456 e. The molecule has 0 radical (unpaired) electrons. The molecule has 130 valence electrons. The average molecular weight is 656 g/mol. The maximum Gasteiger partial charge on any atom is 0.339 e. The van der Waals surface area contributed by atoms with Gasteiger partial charge in [0.25, 0.3) is 0 Å². The molecule has 0 aliphatic rings. The van der Waals surface area contributed by atoms with Crippen LogP contribution in [0.2, 0.25) is 0 Å². The fourth-order valence-corrected chi connectivity index (χ4v) is 4.68. The van der Waals surface area contributed by atoms with Crippen molar-refractivity contribution in [2.24, 2.45) is 0 Å². The van der Waals surface area contributed by atoms with Gasteiger partial charge in [0.1, 0.15) is 13.2 Å². The molecule has 23 heavy (non-hydrogen) atoms. The molecule has 0 spiro atoms. The number of carbonyl (C=O) groups is 1. The fourth-order valence-electron chi connectivity index (χ4n) is 2.30. The van der Waals surface area contributed by atoms with Crippen LogP contribution in [0.15, 0.2) is 12.1 Å². The molecule has 0 bridgehead atoms. The number of nitrogens with one attached hydrogen (secondary N) is 1. The molecule has 0 amide bonds. The summed E-state index contributed by atoms with van der Waals surface area (Å²) in [5.74, 6) is -0.198. The Balaban J connectivity index is 2.54. The van der Waals surface area contributed by atoms with Crippen molar-refractivity contribution in [2.75, 3.05) is 26.2 Å². The van der Waals surface area contributed by atoms with Crippen molar-refractivity contribution in [3.8, 4) is 0 Å². The van der Waals surface area contributed by atoms with Crippen LogP contribution in [0.3, 0.4) is 0 Å². The predicted molar refractivity (Wildman–Crippen MR) is 120 cm³/mol. The highest BCUT2D eigenvalue weighted by Gasteiger charge is 2.16. The quantitative estimate of drug-likeness (QED) is 0.234. The summed E-state index contributed by atoms with van der Waals surface area (Å²) >= 11 is 6.72. The molecule has 0 saturated carbocycles. The average Bonchev–Trinajstić information content (AvgIpc) is 2.52. The lowest BCUT2D eigenvalue weighted by atomic mass is 10.2. The third-order valence-electron chi connectivity index (χ3n) is 3.67. The molecular formula is C17H25I3NO2+. The summed E-state index contributed by atoms with van der Waals surface area (Å²) in [6.45, 7) is 8.19. The van der Waals surface area contributed by atoms with Crippen LogP contribution >= 0.6 is 67.8 Å². The van der Waals surface area contributed by atoms with Crippen molar-refractivity contribution in [3.63, 3.8) is 0 Å². The SMILES string of the molecule is CCCC[NH+](CCCC)CCOC(=O)c1cc(I)cc(I)c1I. The number of quaternary nitrogens is 1. The van der Waals surface area contributed by atoms with Crippen LogP contribution in [0.4, 0.5) is 0 Å². The second-order valence-corrected chi connectivity index (χ2v) is 9.08. The fraction of sp³-hybridized carbons (Fsp3) is 0.588. The summed E-state index contributed by atoms with van der Waals surface area (Å²) in [7, 11) is 0. The van der Waals surface area contributed by atoms with Gasteiger partial charge in [-0.05, 0) is 92.7 Å². The van der Waals surface area contributed by atoms with Crippen molar-refractivity contribution in [3.05, 3.63) is 28.4 Å². The standard InChI is InChI=1S/C17H24I3NO2/c1-3-5-7-21(8-6-4-2)9-10-23-17(22)14-11-13(18)12-15(19)16(14)20/h11-12H,3-10H2,1-2H3/p+1. The summed E-state index contributed by atoms with van der Waals surface area (Å²) < 4.78 is 8.68. The topological polar surface area (TPSA) is 30.7 Å². The van der Waals surface area contributed by atoms with Gasteiger partial charge in [-0.2, -0.15) is 0 Å². The first-order valence-electron chi connectivity index (χ1n) is 8.14. The zero-order valence-corrected chi connectivity index (χ0v) is 20.2. The summed E-state index contributed by atoms with van der Waals surface area (Å²) in [5, 5.41) is 0. The molecule has 6 heteroatoms. The van der Waals surface area contributed by atoms with Gasteiger partial charge in [0, 0.05) is 10.7 Å². The van der Waals surface area contributed by atoms with Crippen LogP contribution in [0.1, 0.15) is 49.9 Å². The van der Waals surface area contributed by atoms with Crippen LogP contribution in [0, 0.1) is 10.7 Å². The van der Waals surface area contributed by atoms with Crippen LogP contribution < -0.4 is 4.90 Å². The number of halogens is 3. The maximum absolute atomic E-state index is 12.3. The summed E-state index contributed by atoms with van der Waals surface area (Å²) in [6.07, 6.45) is 4.91. The molecule has 1 rings (SSSR count). The van der Waals surface area contributed by atoms with Gasteiger partial charge in [0.2, 0.25) is 0 Å². The number of unbranched alkanes of at least 4 members (excludes halogenated alkanes) is 2. The van der Waals surface area contributed by atoms with E-state index in [-0.39, 0.29) is 5.97 Å². The molecular weight excluding hydrogens is 631 g/mol. The Hall–Kier alpha value is 0.840. The molecule has 0 aliphatic heterocycles. The molecule has 0 unspecified atom stereocenters. The van der Waals surface area contributed by atoms with Crippen LogP contribution in [-0.2, 0) is 4.74 Å². The van der Waals surface area contributed by atoms with E-state index in [0.29, 0.717) is 12.2 Å². The van der Waals surface area contributed by atoms with Gasteiger partial charge in [0.15, 0.2) is 0 Å². The highest BCUT2D eigenvalue weighted by atomic mass is 127. The van der Waals surface area contributed by atoms with Crippen molar-refractivity contribution >= 4 is 73.7 Å². The Morgan fingerprint density at radius 2 is 1.65 bits per heavy atom. The number of ether oxygens (including phenoxy) is 1. The first-order valence-corrected chi connectivity index (χ1v) is 11.4. The van der Waals surface area contributed by atoms with E-state index in [2.05, 4.69) is 87.7 Å². The van der Waals surface area contributed by atoms with E-state index in [4.69, 9.17) is 4.74 Å². The Labute approximate surface area is 180 Å². The summed E-state index contributed by atoms with van der Waals surface area (Å²) in [5.41, 5.74) is 0.686. The van der Waals surface area contributed by atoms with E-state index in [1.54, 1.807) is 4.90 Å². The Bertz CT molecular complexity index is 501. The number of carbonyl (C=O) groups excluding carboxylic acids is 1. The van der Waals surface area contributed by atoms with Crippen LogP contribution in [0.5, 0.6) is 0 Å². The minimum atomic E-state index is -0.198. The zero-order chi connectivity index (χ0) is 17.2. The van der Waals surface area contributed by atoms with Gasteiger partial charge >= 0.3 is 5.97 Å². The molecule has 1 N–H and O–H groups in total. The number of esters is 1. The van der Waals surface area contributed by atoms with E-state index in [1.807, 2.05) is 6.07 Å². The lowest BCUT2D eigenvalue weighted by Crippen LogP contribution is -3.12. The van der Waals surface area contributed by atoms with E-state index in [1.165, 1.54) is 38.8 Å². The van der Waals surface area contributed by atoms with Crippen molar-refractivity contribution in [1.29, 1.82) is 0 Å². The largest absolute Gasteiger partial charge is 0.456 e. The maximum atomic E-state index is 12.3. The lowest BCUT2D eigenvalue weighted by Gasteiger charge is -2.19. The minimum absolute atomic E-state index is 0.198. The number of hydrogen-bond donors (Lipinski definition) is 1. The molecule has 1 aromatic carbocycles.